The van der Waals surface area contributed by atoms with E-state index in [1.54, 1.807) is 12.1 Å². The third-order valence-electron chi connectivity index (χ3n) is 4.73. The van der Waals surface area contributed by atoms with Gasteiger partial charge in [-0.15, -0.1) is 0 Å². The molecule has 1 fully saturated rings. The summed E-state index contributed by atoms with van der Waals surface area (Å²) >= 11 is 0. The van der Waals surface area contributed by atoms with Crippen molar-refractivity contribution in [2.45, 2.75) is 19.5 Å². The molecule has 0 saturated carbocycles. The Morgan fingerprint density at radius 3 is 2.31 bits per heavy atom. The number of nitrogens with one attached hydrogen (secondary N) is 1. The molecule has 2 aromatic carbocycles. The van der Waals surface area contributed by atoms with Gasteiger partial charge in [-0.2, -0.15) is 0 Å². The fourth-order valence-electron chi connectivity index (χ4n) is 3.19. The molecule has 0 atom stereocenters. The lowest BCUT2D eigenvalue weighted by Gasteiger charge is -2.34. The topological polar surface area (TPSA) is 35.6 Å². The van der Waals surface area contributed by atoms with Gasteiger partial charge in [-0.25, -0.2) is 4.39 Å². The zero-order chi connectivity index (χ0) is 18.2. The number of amides is 1. The number of nitrogens with zero attached hydrogens (tertiary/aromatic N) is 2. The van der Waals surface area contributed by atoms with Crippen molar-refractivity contribution in [3.63, 3.8) is 0 Å². The van der Waals surface area contributed by atoms with Gasteiger partial charge in [0.25, 0.3) is 0 Å². The predicted octanol–water partition coefficient (Wildman–Crippen LogP) is 2.65. The van der Waals surface area contributed by atoms with Crippen molar-refractivity contribution in [1.82, 2.24) is 15.1 Å². The first-order chi connectivity index (χ1) is 12.7. The van der Waals surface area contributed by atoms with E-state index in [4.69, 9.17) is 0 Å². The van der Waals surface area contributed by atoms with Gasteiger partial charge in [-0.1, -0.05) is 42.5 Å². The number of hydrogen-bond donors (Lipinski definition) is 1. The Morgan fingerprint density at radius 2 is 1.62 bits per heavy atom. The molecule has 5 heteroatoms. The molecule has 1 heterocycles. The normalized spacial score (nSPS) is 15.2. The van der Waals surface area contributed by atoms with Gasteiger partial charge in [-0.3, -0.25) is 9.69 Å². The van der Waals surface area contributed by atoms with Gasteiger partial charge in [0.15, 0.2) is 0 Å². The Hall–Kier alpha value is -2.24. The molecule has 138 valence electrons. The van der Waals surface area contributed by atoms with E-state index in [-0.39, 0.29) is 11.7 Å². The van der Waals surface area contributed by atoms with Gasteiger partial charge < -0.3 is 10.2 Å². The highest BCUT2D eigenvalue weighted by molar-refractivity contribution is 5.76. The Morgan fingerprint density at radius 1 is 0.923 bits per heavy atom. The minimum atomic E-state index is -0.227. The average Bonchev–Trinajstić information content (AvgIpc) is 2.68. The summed E-state index contributed by atoms with van der Waals surface area (Å²) in [4.78, 5) is 16.7. The number of benzene rings is 2. The van der Waals surface area contributed by atoms with Crippen molar-refractivity contribution in [2.24, 2.45) is 0 Å². The number of hydrogen-bond acceptors (Lipinski definition) is 3. The van der Waals surface area contributed by atoms with Gasteiger partial charge in [0.05, 0.1) is 0 Å². The van der Waals surface area contributed by atoms with E-state index in [0.29, 0.717) is 19.5 Å². The molecule has 1 saturated heterocycles. The van der Waals surface area contributed by atoms with E-state index >= 15 is 0 Å². The molecule has 0 spiro atoms. The van der Waals surface area contributed by atoms with Gasteiger partial charge in [-0.05, 0) is 23.3 Å². The number of carbonyl (C=O) groups excluding carboxylic acids is 1. The van der Waals surface area contributed by atoms with E-state index in [0.717, 1.165) is 38.3 Å². The van der Waals surface area contributed by atoms with Crippen LogP contribution in [0.2, 0.25) is 0 Å². The lowest BCUT2D eigenvalue weighted by Crippen LogP contribution is -2.48. The SMILES string of the molecule is O=C(CCNCc1ccc(F)cc1)N1CCN(Cc2ccccc2)CC1. The third-order valence-corrected chi connectivity index (χ3v) is 4.73. The molecule has 0 unspecified atom stereocenters. The van der Waals surface area contributed by atoms with Crippen molar-refractivity contribution in [3.05, 3.63) is 71.5 Å². The highest BCUT2D eigenvalue weighted by atomic mass is 19.1. The molecule has 1 N–H and O–H groups in total. The van der Waals surface area contributed by atoms with Crippen LogP contribution in [0.3, 0.4) is 0 Å². The molecule has 1 amide bonds. The summed E-state index contributed by atoms with van der Waals surface area (Å²) in [6, 6.07) is 16.9. The molecule has 2 aromatic rings. The number of piperazine rings is 1. The predicted molar refractivity (Wildman–Crippen MR) is 101 cm³/mol. The molecule has 3 rings (SSSR count). The van der Waals surface area contributed by atoms with E-state index < -0.39 is 0 Å². The summed E-state index contributed by atoms with van der Waals surface area (Å²) in [5.74, 6) is -0.0219. The van der Waals surface area contributed by atoms with E-state index in [1.165, 1.54) is 17.7 Å². The van der Waals surface area contributed by atoms with Gasteiger partial charge in [0.1, 0.15) is 5.82 Å². The van der Waals surface area contributed by atoms with E-state index in [1.807, 2.05) is 11.0 Å². The van der Waals surface area contributed by atoms with Crippen LogP contribution in [0.1, 0.15) is 17.5 Å². The molecule has 0 aliphatic carbocycles. The van der Waals surface area contributed by atoms with Crippen LogP contribution in [0.5, 0.6) is 0 Å². The second kappa shape index (κ2) is 9.46. The lowest BCUT2D eigenvalue weighted by molar-refractivity contribution is -0.132. The van der Waals surface area contributed by atoms with Crippen LogP contribution in [-0.4, -0.2) is 48.4 Å². The summed E-state index contributed by atoms with van der Waals surface area (Å²) in [5, 5.41) is 3.25. The van der Waals surface area contributed by atoms with Crippen molar-refractivity contribution >= 4 is 5.91 Å². The second-order valence-corrected chi connectivity index (χ2v) is 6.70. The Bertz CT molecular complexity index is 682. The first-order valence-electron chi connectivity index (χ1n) is 9.20. The van der Waals surface area contributed by atoms with Crippen LogP contribution in [0, 0.1) is 5.82 Å². The van der Waals surface area contributed by atoms with Crippen LogP contribution < -0.4 is 5.32 Å². The first-order valence-corrected chi connectivity index (χ1v) is 9.20. The second-order valence-electron chi connectivity index (χ2n) is 6.70. The minimum Gasteiger partial charge on any atom is -0.340 e. The van der Waals surface area contributed by atoms with Crippen molar-refractivity contribution in [2.75, 3.05) is 32.7 Å². The summed E-state index contributed by atoms with van der Waals surface area (Å²) < 4.78 is 12.9. The molecular weight excluding hydrogens is 329 g/mol. The average molecular weight is 355 g/mol. The fraction of sp³-hybridized carbons (Fsp3) is 0.381. The molecule has 1 aliphatic rings. The largest absolute Gasteiger partial charge is 0.340 e. The van der Waals surface area contributed by atoms with Crippen LogP contribution in [0.25, 0.3) is 0 Å². The maximum absolute atomic E-state index is 12.9. The highest BCUT2D eigenvalue weighted by Gasteiger charge is 2.20. The van der Waals surface area contributed by atoms with Crippen LogP contribution in [-0.2, 0) is 17.9 Å². The van der Waals surface area contributed by atoms with E-state index in [9.17, 15) is 9.18 Å². The standard InChI is InChI=1S/C21H26FN3O/c22-20-8-6-18(7-9-20)16-23-11-10-21(26)25-14-12-24(13-15-25)17-19-4-2-1-3-5-19/h1-9,23H,10-17H2. The summed E-state index contributed by atoms with van der Waals surface area (Å²) in [5.41, 5.74) is 2.34. The maximum Gasteiger partial charge on any atom is 0.223 e. The summed E-state index contributed by atoms with van der Waals surface area (Å²) in [6.07, 6.45) is 0.500. The molecule has 0 radical (unpaired) electrons. The van der Waals surface area contributed by atoms with Crippen LogP contribution in [0.4, 0.5) is 4.39 Å². The molecule has 0 bridgehead atoms. The Balaban J connectivity index is 1.32. The lowest BCUT2D eigenvalue weighted by atomic mass is 10.2. The minimum absolute atomic E-state index is 0.205. The van der Waals surface area contributed by atoms with Crippen LogP contribution >= 0.6 is 0 Å². The summed E-state index contributed by atoms with van der Waals surface area (Å²) in [6.45, 7) is 5.67. The summed E-state index contributed by atoms with van der Waals surface area (Å²) in [7, 11) is 0. The molecular formula is C21H26FN3O. The van der Waals surface area contributed by atoms with E-state index in [2.05, 4.69) is 34.5 Å². The van der Waals surface area contributed by atoms with Crippen molar-refractivity contribution < 1.29 is 9.18 Å². The molecule has 0 aromatic heterocycles. The monoisotopic (exact) mass is 355 g/mol. The van der Waals surface area contributed by atoms with Gasteiger partial charge in [0, 0.05) is 52.2 Å². The fourth-order valence-corrected chi connectivity index (χ4v) is 3.19. The zero-order valence-electron chi connectivity index (χ0n) is 15.0. The highest BCUT2D eigenvalue weighted by Crippen LogP contribution is 2.09. The quantitative estimate of drug-likeness (QED) is 0.776. The van der Waals surface area contributed by atoms with Gasteiger partial charge >= 0.3 is 0 Å². The van der Waals surface area contributed by atoms with Crippen LogP contribution in [0.15, 0.2) is 54.6 Å². The number of halogens is 1. The number of carbonyl (C=O) groups is 1. The maximum atomic E-state index is 12.9. The third kappa shape index (κ3) is 5.64. The zero-order valence-corrected chi connectivity index (χ0v) is 15.0. The molecule has 4 nitrogen and oxygen atoms in total. The number of rotatable bonds is 7. The first kappa shape index (κ1) is 18.5. The molecule has 1 aliphatic heterocycles. The molecule has 26 heavy (non-hydrogen) atoms. The van der Waals surface area contributed by atoms with Crippen molar-refractivity contribution in [1.29, 1.82) is 0 Å². The Kier molecular flexibility index (Phi) is 6.75. The smallest absolute Gasteiger partial charge is 0.223 e. The van der Waals surface area contributed by atoms with Gasteiger partial charge in [0.2, 0.25) is 5.91 Å². The Labute approximate surface area is 154 Å². The van der Waals surface area contributed by atoms with Crippen molar-refractivity contribution in [3.8, 4) is 0 Å².